The van der Waals surface area contributed by atoms with Gasteiger partial charge >= 0.3 is 0 Å². The molecule has 1 heterocycles. The van der Waals surface area contributed by atoms with Crippen LogP contribution in [0.2, 0.25) is 0 Å². The van der Waals surface area contributed by atoms with Crippen molar-refractivity contribution >= 4 is 0 Å². The van der Waals surface area contributed by atoms with E-state index < -0.39 is 30.0 Å². The van der Waals surface area contributed by atoms with Crippen molar-refractivity contribution in [2.24, 2.45) is 0 Å². The third-order valence-corrected chi connectivity index (χ3v) is 1.56. The molecule has 5 nitrogen and oxygen atoms in total. The first-order chi connectivity index (χ1) is 5.04. The molecule has 4 N–H and O–H groups in total. The van der Waals surface area contributed by atoms with Crippen LogP contribution < -0.4 is 0 Å². The van der Waals surface area contributed by atoms with Crippen LogP contribution >= 0.6 is 0 Å². The number of aliphatic hydroxyl groups is 4. The van der Waals surface area contributed by atoms with E-state index in [-0.39, 0.29) is 0 Å². The Morgan fingerprint density at radius 2 is 1.73 bits per heavy atom. The summed E-state index contributed by atoms with van der Waals surface area (Å²) < 4.78 is 4.62. The number of aliphatic hydroxyl groups excluding tert-OH is 4. The first-order valence-corrected chi connectivity index (χ1v) is 3.17. The van der Waals surface area contributed by atoms with Gasteiger partial charge in [-0.25, -0.2) is 0 Å². The molecule has 0 unspecified atom stereocenters. The van der Waals surface area contributed by atoms with Crippen LogP contribution in [0.1, 0.15) is 6.92 Å². The lowest BCUT2D eigenvalue weighted by atomic mass is 10.1. The molecule has 0 aromatic rings. The van der Waals surface area contributed by atoms with E-state index in [4.69, 9.17) is 20.4 Å². The highest BCUT2D eigenvalue weighted by Crippen LogP contribution is 2.20. The Morgan fingerprint density at radius 1 is 1.18 bits per heavy atom. The maximum atomic E-state index is 9.03. The molecule has 64 valence electrons. The average molecular weight is 162 g/mol. The van der Waals surface area contributed by atoms with E-state index in [0.717, 1.165) is 0 Å². The van der Waals surface area contributed by atoms with E-state index in [0.29, 0.717) is 0 Å². The predicted octanol–water partition coefficient (Wildman–Crippen LogP) is -0.588. The lowest BCUT2D eigenvalue weighted by molar-refractivity contribution is -0.172. The van der Waals surface area contributed by atoms with Gasteiger partial charge in [0.2, 0.25) is 6.29 Å². The fourth-order valence-electron chi connectivity index (χ4n) is 0.843. The van der Waals surface area contributed by atoms with Crippen molar-refractivity contribution in [3.63, 3.8) is 0 Å². The van der Waals surface area contributed by atoms with Gasteiger partial charge in [-0.05, 0) is 6.92 Å². The Bertz CT molecular complexity index is 187. The zero-order valence-corrected chi connectivity index (χ0v) is 5.93. The summed E-state index contributed by atoms with van der Waals surface area (Å²) in [5.41, 5.74) is 0. The second-order valence-corrected chi connectivity index (χ2v) is 2.41. The standard InChI is InChI=1S/C6H10O5/c1-2-3(7)4(8)5(9)6(10)11-2/h2-3,6-10H,1H3/t2-,3-,6+/m0/s1. The zero-order valence-electron chi connectivity index (χ0n) is 5.93. The molecule has 0 fully saturated rings. The maximum absolute atomic E-state index is 9.03. The number of rotatable bonds is 0. The summed E-state index contributed by atoms with van der Waals surface area (Å²) in [6.07, 6.45) is -3.52. The minimum absolute atomic E-state index is 0.628. The lowest BCUT2D eigenvalue weighted by Gasteiger charge is -2.27. The molecular formula is C6H10O5. The van der Waals surface area contributed by atoms with Crippen LogP contribution in [0, 0.1) is 0 Å². The van der Waals surface area contributed by atoms with Gasteiger partial charge in [-0.2, -0.15) is 0 Å². The van der Waals surface area contributed by atoms with Crippen LogP contribution in [-0.4, -0.2) is 38.9 Å². The van der Waals surface area contributed by atoms with E-state index >= 15 is 0 Å². The third-order valence-electron chi connectivity index (χ3n) is 1.56. The van der Waals surface area contributed by atoms with Crippen LogP contribution in [0.5, 0.6) is 0 Å². The topological polar surface area (TPSA) is 90.2 Å². The minimum atomic E-state index is -1.53. The van der Waals surface area contributed by atoms with Crippen molar-refractivity contribution in [1.29, 1.82) is 0 Å². The quantitative estimate of drug-likeness (QED) is 0.382. The van der Waals surface area contributed by atoms with Crippen LogP contribution in [0.4, 0.5) is 0 Å². The molecule has 1 aliphatic rings. The Kier molecular flexibility index (Phi) is 2.03. The number of ether oxygens (including phenoxy) is 1. The monoisotopic (exact) mass is 162 g/mol. The average Bonchev–Trinajstić information content (AvgIpc) is 1.97. The second-order valence-electron chi connectivity index (χ2n) is 2.41. The molecule has 1 rings (SSSR count). The van der Waals surface area contributed by atoms with Crippen molar-refractivity contribution < 1.29 is 25.2 Å². The van der Waals surface area contributed by atoms with Crippen molar-refractivity contribution in [2.75, 3.05) is 0 Å². The highest BCUT2D eigenvalue weighted by molar-refractivity contribution is 5.10. The van der Waals surface area contributed by atoms with Gasteiger partial charge in [0.15, 0.2) is 11.5 Å². The van der Waals surface area contributed by atoms with Gasteiger partial charge in [0.05, 0.1) is 6.10 Å². The summed E-state index contributed by atoms with van der Waals surface area (Å²) >= 11 is 0. The first-order valence-electron chi connectivity index (χ1n) is 3.17. The fraction of sp³-hybridized carbons (Fsp3) is 0.667. The van der Waals surface area contributed by atoms with Crippen LogP contribution in [0.3, 0.4) is 0 Å². The molecule has 3 atom stereocenters. The smallest absolute Gasteiger partial charge is 0.217 e. The van der Waals surface area contributed by atoms with E-state index in [1.54, 1.807) is 0 Å². The molecule has 0 amide bonds. The van der Waals surface area contributed by atoms with Crippen molar-refractivity contribution in [2.45, 2.75) is 25.4 Å². The molecular weight excluding hydrogens is 152 g/mol. The van der Waals surface area contributed by atoms with Gasteiger partial charge in [0.25, 0.3) is 0 Å². The molecule has 0 radical (unpaired) electrons. The minimum Gasteiger partial charge on any atom is -0.506 e. The van der Waals surface area contributed by atoms with Gasteiger partial charge < -0.3 is 25.2 Å². The Balaban J connectivity index is 2.89. The number of hydrogen-bond acceptors (Lipinski definition) is 5. The highest BCUT2D eigenvalue weighted by atomic mass is 16.6. The van der Waals surface area contributed by atoms with Crippen molar-refractivity contribution in [3.8, 4) is 0 Å². The summed E-state index contributed by atoms with van der Waals surface area (Å²) in [5.74, 6) is -1.35. The molecule has 11 heavy (non-hydrogen) atoms. The Morgan fingerprint density at radius 3 is 2.27 bits per heavy atom. The van der Waals surface area contributed by atoms with Crippen molar-refractivity contribution in [3.05, 3.63) is 11.5 Å². The third kappa shape index (κ3) is 1.30. The van der Waals surface area contributed by atoms with E-state index in [1.807, 2.05) is 0 Å². The summed E-state index contributed by atoms with van der Waals surface area (Å²) in [4.78, 5) is 0. The summed E-state index contributed by atoms with van der Waals surface area (Å²) in [6, 6.07) is 0. The molecule has 0 saturated heterocycles. The van der Waals surface area contributed by atoms with Crippen LogP contribution in [0.25, 0.3) is 0 Å². The molecule has 0 aromatic carbocycles. The van der Waals surface area contributed by atoms with Crippen molar-refractivity contribution in [1.82, 2.24) is 0 Å². The van der Waals surface area contributed by atoms with Crippen LogP contribution in [0.15, 0.2) is 11.5 Å². The highest BCUT2D eigenvalue weighted by Gasteiger charge is 2.33. The Labute approximate surface area is 63.2 Å². The van der Waals surface area contributed by atoms with Gasteiger partial charge in [0.1, 0.15) is 6.10 Å². The lowest BCUT2D eigenvalue weighted by Crippen LogP contribution is -2.39. The number of hydrogen-bond donors (Lipinski definition) is 4. The second kappa shape index (κ2) is 2.69. The predicted molar refractivity (Wildman–Crippen MR) is 34.8 cm³/mol. The zero-order chi connectivity index (χ0) is 8.59. The fourth-order valence-corrected chi connectivity index (χ4v) is 0.843. The Hall–Kier alpha value is -0.780. The molecule has 5 heteroatoms. The van der Waals surface area contributed by atoms with Gasteiger partial charge in [-0.15, -0.1) is 0 Å². The summed E-state index contributed by atoms with van der Waals surface area (Å²) in [6.45, 7) is 1.47. The molecule has 0 aliphatic carbocycles. The van der Waals surface area contributed by atoms with Gasteiger partial charge in [-0.1, -0.05) is 0 Å². The van der Waals surface area contributed by atoms with Crippen LogP contribution in [-0.2, 0) is 4.74 Å². The van der Waals surface area contributed by atoms with E-state index in [1.165, 1.54) is 6.92 Å². The van der Waals surface area contributed by atoms with E-state index in [9.17, 15) is 0 Å². The summed E-state index contributed by atoms with van der Waals surface area (Å²) in [5, 5.41) is 35.6. The largest absolute Gasteiger partial charge is 0.506 e. The molecule has 0 spiro atoms. The molecule has 0 aromatic heterocycles. The molecule has 0 saturated carbocycles. The van der Waals surface area contributed by atoms with E-state index in [2.05, 4.69) is 4.74 Å². The summed E-state index contributed by atoms with van der Waals surface area (Å²) in [7, 11) is 0. The van der Waals surface area contributed by atoms with Gasteiger partial charge in [-0.3, -0.25) is 0 Å². The SMILES string of the molecule is C[C@@H]1O[C@@H](O)C(O)=C(O)[C@H]1O. The molecule has 0 bridgehead atoms. The maximum Gasteiger partial charge on any atom is 0.217 e. The first kappa shape index (κ1) is 8.32. The molecule has 1 aliphatic heterocycles. The van der Waals surface area contributed by atoms with Gasteiger partial charge in [0, 0.05) is 0 Å². The normalized spacial score (nSPS) is 39.4.